The maximum atomic E-state index is 12.6. The molecular formula is C11H13F3N4O2. The van der Waals surface area contributed by atoms with Gasteiger partial charge in [-0.2, -0.15) is 13.2 Å². The van der Waals surface area contributed by atoms with Crippen molar-refractivity contribution < 1.29 is 18.1 Å². The van der Waals surface area contributed by atoms with Crippen LogP contribution in [-0.4, -0.2) is 48.0 Å². The van der Waals surface area contributed by atoms with Crippen LogP contribution < -0.4 is 4.90 Å². The van der Waals surface area contributed by atoms with Crippen LogP contribution in [0.15, 0.2) is 12.3 Å². The molecule has 9 heteroatoms. The second-order valence-corrected chi connectivity index (χ2v) is 4.61. The van der Waals surface area contributed by atoms with E-state index in [1.807, 2.05) is 11.9 Å². The molecule has 2 heterocycles. The SMILES string of the molecule is CN1CCN(c2ncc(C(F)(F)F)cc2[N+](=O)[O-])CC1. The summed E-state index contributed by atoms with van der Waals surface area (Å²) in [4.78, 5) is 17.5. The molecule has 1 fully saturated rings. The topological polar surface area (TPSA) is 62.5 Å². The van der Waals surface area contributed by atoms with Crippen molar-refractivity contribution in [1.29, 1.82) is 0 Å². The second-order valence-electron chi connectivity index (χ2n) is 4.61. The maximum absolute atomic E-state index is 12.6. The highest BCUT2D eigenvalue weighted by Crippen LogP contribution is 2.34. The number of aromatic nitrogens is 1. The van der Waals surface area contributed by atoms with Crippen molar-refractivity contribution in [3.8, 4) is 0 Å². The van der Waals surface area contributed by atoms with Gasteiger partial charge in [0.2, 0.25) is 5.82 Å². The maximum Gasteiger partial charge on any atom is 0.418 e. The van der Waals surface area contributed by atoms with Crippen LogP contribution in [0.25, 0.3) is 0 Å². The summed E-state index contributed by atoms with van der Waals surface area (Å²) >= 11 is 0. The van der Waals surface area contributed by atoms with E-state index in [9.17, 15) is 23.3 Å². The summed E-state index contributed by atoms with van der Waals surface area (Å²) in [5.74, 6) is -0.00361. The number of hydrogen-bond donors (Lipinski definition) is 0. The third kappa shape index (κ3) is 2.98. The fourth-order valence-corrected chi connectivity index (χ4v) is 2.00. The molecule has 110 valence electrons. The smallest absolute Gasteiger partial charge is 0.348 e. The van der Waals surface area contributed by atoms with Crippen molar-refractivity contribution >= 4 is 11.5 Å². The molecule has 0 atom stereocenters. The Morgan fingerprint density at radius 3 is 2.40 bits per heavy atom. The monoisotopic (exact) mass is 290 g/mol. The lowest BCUT2D eigenvalue weighted by molar-refractivity contribution is -0.384. The van der Waals surface area contributed by atoms with Gasteiger partial charge >= 0.3 is 11.9 Å². The fourth-order valence-electron chi connectivity index (χ4n) is 2.00. The lowest BCUT2D eigenvalue weighted by atomic mass is 10.2. The molecule has 0 aromatic carbocycles. The molecule has 6 nitrogen and oxygen atoms in total. The number of hydrogen-bond acceptors (Lipinski definition) is 5. The average molecular weight is 290 g/mol. The minimum atomic E-state index is -4.64. The zero-order valence-electron chi connectivity index (χ0n) is 10.7. The van der Waals surface area contributed by atoms with Gasteiger partial charge in [0, 0.05) is 38.4 Å². The third-order valence-electron chi connectivity index (χ3n) is 3.17. The van der Waals surface area contributed by atoms with Crippen molar-refractivity contribution in [1.82, 2.24) is 9.88 Å². The first-order valence-corrected chi connectivity index (χ1v) is 5.94. The van der Waals surface area contributed by atoms with Crippen LogP contribution in [0.5, 0.6) is 0 Å². The Kier molecular flexibility index (Phi) is 3.80. The summed E-state index contributed by atoms with van der Waals surface area (Å²) in [5, 5.41) is 11.0. The molecule has 1 aromatic rings. The predicted octanol–water partition coefficient (Wildman–Crippen LogP) is 1.76. The number of piperazine rings is 1. The summed E-state index contributed by atoms with van der Waals surface area (Å²) in [6.07, 6.45) is -4.00. The van der Waals surface area contributed by atoms with Gasteiger partial charge in [0.1, 0.15) is 0 Å². The molecule has 0 bridgehead atoms. The van der Waals surface area contributed by atoms with Crippen LogP contribution in [0.1, 0.15) is 5.56 Å². The third-order valence-corrected chi connectivity index (χ3v) is 3.17. The molecule has 0 aliphatic carbocycles. The van der Waals surface area contributed by atoms with Crippen molar-refractivity contribution in [2.24, 2.45) is 0 Å². The molecule has 0 unspecified atom stereocenters. The largest absolute Gasteiger partial charge is 0.418 e. The van der Waals surface area contributed by atoms with E-state index in [0.717, 1.165) is 0 Å². The number of rotatable bonds is 2. The van der Waals surface area contributed by atoms with Crippen molar-refractivity contribution in [2.75, 3.05) is 38.1 Å². The number of alkyl halides is 3. The zero-order valence-corrected chi connectivity index (χ0v) is 10.7. The first kappa shape index (κ1) is 14.5. The lowest BCUT2D eigenvalue weighted by Crippen LogP contribution is -2.45. The number of nitrogens with zero attached hydrogens (tertiary/aromatic N) is 4. The molecule has 1 aliphatic heterocycles. The highest BCUT2D eigenvalue weighted by molar-refractivity contribution is 5.59. The number of nitro groups is 1. The highest BCUT2D eigenvalue weighted by atomic mass is 19.4. The number of anilines is 1. The standard InChI is InChI=1S/C11H13F3N4O2/c1-16-2-4-17(5-3-16)10-9(18(19)20)6-8(7-15-10)11(12,13)14/h6-7H,2-5H2,1H3. The molecule has 1 saturated heterocycles. The van der Waals surface area contributed by atoms with Gasteiger partial charge in [-0.1, -0.05) is 0 Å². The molecule has 0 amide bonds. The van der Waals surface area contributed by atoms with Gasteiger partial charge in [-0.25, -0.2) is 4.98 Å². The van der Waals surface area contributed by atoms with Crippen molar-refractivity contribution in [3.05, 3.63) is 27.9 Å². The van der Waals surface area contributed by atoms with E-state index in [2.05, 4.69) is 4.98 Å². The van der Waals surface area contributed by atoms with E-state index in [0.29, 0.717) is 38.4 Å². The number of likely N-dealkylation sites (N-methyl/N-ethyl adjacent to an activating group) is 1. The highest BCUT2D eigenvalue weighted by Gasteiger charge is 2.35. The van der Waals surface area contributed by atoms with Gasteiger partial charge < -0.3 is 9.80 Å². The van der Waals surface area contributed by atoms with Gasteiger partial charge in [0.25, 0.3) is 0 Å². The number of pyridine rings is 1. The average Bonchev–Trinajstić information content (AvgIpc) is 2.38. The first-order valence-electron chi connectivity index (χ1n) is 5.94. The predicted molar refractivity (Wildman–Crippen MR) is 65.6 cm³/mol. The fraction of sp³-hybridized carbons (Fsp3) is 0.545. The normalized spacial score (nSPS) is 17.3. The quantitative estimate of drug-likeness (QED) is 0.613. The summed E-state index contributed by atoms with van der Waals surface area (Å²) in [6, 6.07) is 0.542. The molecule has 0 saturated carbocycles. The van der Waals surface area contributed by atoms with E-state index in [-0.39, 0.29) is 5.82 Å². The van der Waals surface area contributed by atoms with Crippen LogP contribution >= 0.6 is 0 Å². The van der Waals surface area contributed by atoms with Crippen LogP contribution in [0.4, 0.5) is 24.7 Å². The van der Waals surface area contributed by atoms with Crippen LogP contribution in [0.2, 0.25) is 0 Å². The molecule has 0 radical (unpaired) electrons. The molecule has 1 aliphatic rings. The Morgan fingerprint density at radius 1 is 1.30 bits per heavy atom. The van der Waals surface area contributed by atoms with E-state index < -0.39 is 22.4 Å². The van der Waals surface area contributed by atoms with Crippen molar-refractivity contribution in [3.63, 3.8) is 0 Å². The van der Waals surface area contributed by atoms with Gasteiger partial charge in [-0.15, -0.1) is 0 Å². The second kappa shape index (κ2) is 5.23. The lowest BCUT2D eigenvalue weighted by Gasteiger charge is -2.32. The summed E-state index contributed by atoms with van der Waals surface area (Å²) in [6.45, 7) is 2.35. The van der Waals surface area contributed by atoms with Crippen LogP contribution in [0.3, 0.4) is 0 Å². The zero-order chi connectivity index (χ0) is 14.9. The van der Waals surface area contributed by atoms with Crippen LogP contribution in [0, 0.1) is 10.1 Å². The van der Waals surface area contributed by atoms with E-state index >= 15 is 0 Å². The molecule has 2 rings (SSSR count). The van der Waals surface area contributed by atoms with Gasteiger partial charge in [-0.3, -0.25) is 10.1 Å². The Bertz CT molecular complexity index is 513. The van der Waals surface area contributed by atoms with Gasteiger partial charge in [0.15, 0.2) is 0 Å². The minimum absolute atomic E-state index is 0.00361. The van der Waals surface area contributed by atoms with E-state index in [4.69, 9.17) is 0 Å². The Morgan fingerprint density at radius 2 is 1.90 bits per heavy atom. The molecule has 0 spiro atoms. The Balaban J connectivity index is 2.36. The molecule has 20 heavy (non-hydrogen) atoms. The number of halogens is 3. The molecule has 1 aromatic heterocycles. The first-order chi connectivity index (χ1) is 9.29. The molecule has 0 N–H and O–H groups in total. The summed E-state index contributed by atoms with van der Waals surface area (Å²) in [7, 11) is 1.91. The van der Waals surface area contributed by atoms with Gasteiger partial charge in [0.05, 0.1) is 10.5 Å². The minimum Gasteiger partial charge on any atom is -0.348 e. The van der Waals surface area contributed by atoms with Crippen molar-refractivity contribution in [2.45, 2.75) is 6.18 Å². The van der Waals surface area contributed by atoms with Gasteiger partial charge in [-0.05, 0) is 7.05 Å². The molecular weight excluding hydrogens is 277 g/mol. The van der Waals surface area contributed by atoms with E-state index in [1.54, 1.807) is 4.90 Å². The summed E-state index contributed by atoms with van der Waals surface area (Å²) < 4.78 is 37.7. The summed E-state index contributed by atoms with van der Waals surface area (Å²) in [5.41, 5.74) is -1.72. The van der Waals surface area contributed by atoms with Crippen LogP contribution in [-0.2, 0) is 6.18 Å². The Hall–Kier alpha value is -1.90. The Labute approximate surface area is 113 Å². The van der Waals surface area contributed by atoms with E-state index in [1.165, 1.54) is 0 Å².